The first-order valence-electron chi connectivity index (χ1n) is 11.0. The molecule has 178 valence electrons. The van der Waals surface area contributed by atoms with Gasteiger partial charge in [-0.15, -0.1) is 0 Å². The topological polar surface area (TPSA) is 101 Å². The van der Waals surface area contributed by atoms with Crippen molar-refractivity contribution in [1.29, 1.82) is 0 Å². The fraction of sp³-hybridized carbons (Fsp3) is 0.435. The Bertz CT molecular complexity index is 1270. The predicted octanol–water partition coefficient (Wildman–Crippen LogP) is 2.49. The fourth-order valence-electron chi connectivity index (χ4n) is 4.57. The normalized spacial score (nSPS) is 19.3. The van der Waals surface area contributed by atoms with Crippen LogP contribution >= 0.6 is 0 Å². The van der Waals surface area contributed by atoms with E-state index in [1.165, 1.54) is 29.6 Å². The Labute approximate surface area is 195 Å². The molecule has 2 aliphatic heterocycles. The van der Waals surface area contributed by atoms with E-state index in [-0.39, 0.29) is 27.7 Å². The van der Waals surface area contributed by atoms with Crippen LogP contribution in [0.15, 0.2) is 47.4 Å². The number of amides is 1. The summed E-state index contributed by atoms with van der Waals surface area (Å²) >= 11 is 0. The maximum atomic E-state index is 13.6. The summed E-state index contributed by atoms with van der Waals surface area (Å²) in [6, 6.07) is 11.2. The molecule has 0 N–H and O–H groups in total. The van der Waals surface area contributed by atoms with E-state index in [9.17, 15) is 21.6 Å². The van der Waals surface area contributed by atoms with Gasteiger partial charge >= 0.3 is 0 Å². The Morgan fingerprint density at radius 3 is 2.64 bits per heavy atom. The second-order valence-corrected chi connectivity index (χ2v) is 12.5. The molecular formula is C23H28N2O6S2. The largest absolute Gasteiger partial charge is 0.496 e. The maximum absolute atomic E-state index is 13.6. The van der Waals surface area contributed by atoms with Gasteiger partial charge < -0.3 is 9.64 Å². The molecule has 1 atom stereocenters. The minimum Gasteiger partial charge on any atom is -0.496 e. The highest BCUT2D eigenvalue weighted by atomic mass is 32.2. The van der Waals surface area contributed by atoms with E-state index < -0.39 is 31.8 Å². The molecule has 4 rings (SSSR count). The fourth-order valence-corrected chi connectivity index (χ4v) is 7.83. The minimum absolute atomic E-state index is 0.00107. The summed E-state index contributed by atoms with van der Waals surface area (Å²) in [7, 11) is -5.67. The van der Waals surface area contributed by atoms with Crippen molar-refractivity contribution in [2.24, 2.45) is 0 Å². The summed E-state index contributed by atoms with van der Waals surface area (Å²) in [5, 5.41) is 0. The SMILES string of the molecule is CCCN(C(=O)c1cc(S(=O)(=O)N2CCc3ccccc32)ccc1OC)C1CCS(=O)(=O)C1. The Balaban J connectivity index is 1.72. The van der Waals surface area contributed by atoms with Gasteiger partial charge in [-0.25, -0.2) is 16.8 Å². The van der Waals surface area contributed by atoms with Crippen LogP contribution in [-0.4, -0.2) is 65.4 Å². The molecular weight excluding hydrogens is 464 g/mol. The van der Waals surface area contributed by atoms with Gasteiger partial charge in [-0.2, -0.15) is 0 Å². The Hall–Kier alpha value is -2.59. The molecule has 0 bridgehead atoms. The molecule has 0 spiro atoms. The lowest BCUT2D eigenvalue weighted by molar-refractivity contribution is 0.0693. The van der Waals surface area contributed by atoms with Gasteiger partial charge in [-0.05, 0) is 49.1 Å². The van der Waals surface area contributed by atoms with Crippen LogP contribution in [0, 0.1) is 0 Å². The Kier molecular flexibility index (Phi) is 6.41. The molecule has 0 aromatic heterocycles. The molecule has 1 saturated heterocycles. The summed E-state index contributed by atoms with van der Waals surface area (Å²) in [6.07, 6.45) is 1.64. The first-order chi connectivity index (χ1) is 15.7. The second-order valence-electron chi connectivity index (χ2n) is 8.37. The number of ether oxygens (including phenoxy) is 1. The van der Waals surface area contributed by atoms with Crippen molar-refractivity contribution < 1.29 is 26.4 Å². The average Bonchev–Trinajstić information content (AvgIpc) is 3.39. The quantitative estimate of drug-likeness (QED) is 0.589. The van der Waals surface area contributed by atoms with E-state index in [4.69, 9.17) is 4.74 Å². The van der Waals surface area contributed by atoms with Gasteiger partial charge in [0.2, 0.25) is 0 Å². The number of anilines is 1. The van der Waals surface area contributed by atoms with E-state index in [1.807, 2.05) is 19.1 Å². The summed E-state index contributed by atoms with van der Waals surface area (Å²) in [5.41, 5.74) is 1.72. The highest BCUT2D eigenvalue weighted by Crippen LogP contribution is 2.34. The van der Waals surface area contributed by atoms with Gasteiger partial charge in [0.1, 0.15) is 5.75 Å². The zero-order valence-corrected chi connectivity index (χ0v) is 20.4. The van der Waals surface area contributed by atoms with Crippen molar-refractivity contribution in [1.82, 2.24) is 4.90 Å². The number of fused-ring (bicyclic) bond motifs is 1. The standard InChI is InChI=1S/C23H28N2O6S2/c1-3-12-24(18-11-14-32(27,28)16-18)23(26)20-15-19(8-9-22(20)31-2)33(29,30)25-13-10-17-6-4-5-7-21(17)25/h4-9,15,18H,3,10-14,16H2,1-2H3. The summed E-state index contributed by atoms with van der Waals surface area (Å²) in [6.45, 7) is 2.62. The van der Waals surface area contributed by atoms with E-state index in [0.29, 0.717) is 38.0 Å². The summed E-state index contributed by atoms with van der Waals surface area (Å²) in [4.78, 5) is 15.1. The lowest BCUT2D eigenvalue weighted by Gasteiger charge is -2.29. The van der Waals surface area contributed by atoms with Crippen molar-refractivity contribution in [3.05, 3.63) is 53.6 Å². The molecule has 2 aliphatic rings. The number of para-hydroxylation sites is 1. The molecule has 0 saturated carbocycles. The first-order valence-corrected chi connectivity index (χ1v) is 14.2. The molecule has 2 heterocycles. The number of benzene rings is 2. The zero-order chi connectivity index (χ0) is 23.8. The monoisotopic (exact) mass is 492 g/mol. The zero-order valence-electron chi connectivity index (χ0n) is 18.7. The summed E-state index contributed by atoms with van der Waals surface area (Å²) < 4.78 is 57.8. The molecule has 0 aliphatic carbocycles. The lowest BCUT2D eigenvalue weighted by atomic mass is 10.1. The number of sulfonamides is 1. The number of nitrogens with zero attached hydrogens (tertiary/aromatic N) is 2. The van der Waals surface area contributed by atoms with Crippen molar-refractivity contribution in [2.75, 3.05) is 36.0 Å². The number of sulfone groups is 1. The Morgan fingerprint density at radius 2 is 1.97 bits per heavy atom. The van der Waals surface area contributed by atoms with Crippen LogP contribution in [-0.2, 0) is 26.3 Å². The van der Waals surface area contributed by atoms with Crippen LogP contribution in [0.3, 0.4) is 0 Å². The molecule has 0 radical (unpaired) electrons. The van der Waals surface area contributed by atoms with E-state index >= 15 is 0 Å². The van der Waals surface area contributed by atoms with E-state index in [1.54, 1.807) is 17.0 Å². The van der Waals surface area contributed by atoms with Gasteiger partial charge in [-0.3, -0.25) is 9.10 Å². The van der Waals surface area contributed by atoms with Gasteiger partial charge in [0.25, 0.3) is 15.9 Å². The maximum Gasteiger partial charge on any atom is 0.264 e. The summed E-state index contributed by atoms with van der Waals surface area (Å²) in [5.74, 6) is -0.202. The van der Waals surface area contributed by atoms with E-state index in [0.717, 1.165) is 5.56 Å². The van der Waals surface area contributed by atoms with Gasteiger partial charge in [0.05, 0.1) is 34.8 Å². The first kappa shape index (κ1) is 23.6. The second kappa shape index (κ2) is 8.98. The van der Waals surface area contributed by atoms with Crippen LogP contribution in [0.2, 0.25) is 0 Å². The van der Waals surface area contributed by atoms with E-state index in [2.05, 4.69) is 0 Å². The third-order valence-corrected chi connectivity index (χ3v) is 9.77. The van der Waals surface area contributed by atoms with Gasteiger partial charge in [0.15, 0.2) is 9.84 Å². The van der Waals surface area contributed by atoms with Crippen LogP contribution in [0.4, 0.5) is 5.69 Å². The number of methoxy groups -OCH3 is 1. The average molecular weight is 493 g/mol. The molecule has 1 unspecified atom stereocenters. The lowest BCUT2D eigenvalue weighted by Crippen LogP contribution is -2.42. The number of hydrogen-bond acceptors (Lipinski definition) is 6. The highest BCUT2D eigenvalue weighted by molar-refractivity contribution is 7.93. The molecule has 10 heteroatoms. The van der Waals surface area contributed by atoms with Crippen LogP contribution in [0.5, 0.6) is 5.75 Å². The molecule has 2 aromatic carbocycles. The number of carbonyl (C=O) groups excluding carboxylic acids is 1. The van der Waals surface area contributed by atoms with Crippen LogP contribution in [0.1, 0.15) is 35.7 Å². The molecule has 1 fully saturated rings. The van der Waals surface area contributed by atoms with Crippen LogP contribution < -0.4 is 9.04 Å². The minimum atomic E-state index is -3.90. The number of carbonyl (C=O) groups is 1. The predicted molar refractivity (Wildman–Crippen MR) is 126 cm³/mol. The molecule has 1 amide bonds. The molecule has 33 heavy (non-hydrogen) atoms. The van der Waals surface area contributed by atoms with Crippen molar-refractivity contribution >= 4 is 31.5 Å². The molecule has 8 nitrogen and oxygen atoms in total. The smallest absolute Gasteiger partial charge is 0.264 e. The van der Waals surface area contributed by atoms with Crippen molar-refractivity contribution in [3.63, 3.8) is 0 Å². The van der Waals surface area contributed by atoms with Crippen molar-refractivity contribution in [2.45, 2.75) is 37.1 Å². The third kappa shape index (κ3) is 4.46. The third-order valence-electron chi connectivity index (χ3n) is 6.21. The Morgan fingerprint density at radius 1 is 1.21 bits per heavy atom. The van der Waals surface area contributed by atoms with Crippen LogP contribution in [0.25, 0.3) is 0 Å². The van der Waals surface area contributed by atoms with Crippen molar-refractivity contribution in [3.8, 4) is 5.75 Å². The molecule has 2 aromatic rings. The number of rotatable bonds is 7. The van der Waals surface area contributed by atoms with Gasteiger partial charge in [0, 0.05) is 19.1 Å². The highest BCUT2D eigenvalue weighted by Gasteiger charge is 2.36. The van der Waals surface area contributed by atoms with Gasteiger partial charge in [-0.1, -0.05) is 25.1 Å². The number of hydrogen-bond donors (Lipinski definition) is 0.